The minimum atomic E-state index is -0.181. The van der Waals surface area contributed by atoms with Crippen LogP contribution in [-0.2, 0) is 16.6 Å². The van der Waals surface area contributed by atoms with Gasteiger partial charge >= 0.3 is 0 Å². The van der Waals surface area contributed by atoms with Gasteiger partial charge in [-0.3, -0.25) is 14.4 Å². The maximum absolute atomic E-state index is 12.2. The van der Waals surface area contributed by atoms with Gasteiger partial charge in [-0.1, -0.05) is 11.8 Å². The summed E-state index contributed by atoms with van der Waals surface area (Å²) in [5, 5.41) is 14.5. The summed E-state index contributed by atoms with van der Waals surface area (Å²) < 4.78 is 1.81. The van der Waals surface area contributed by atoms with Crippen LogP contribution in [0.25, 0.3) is 11.4 Å². The zero-order chi connectivity index (χ0) is 21.7. The van der Waals surface area contributed by atoms with Crippen molar-refractivity contribution in [3.8, 4) is 11.4 Å². The lowest BCUT2D eigenvalue weighted by molar-refractivity contribution is -0.114. The lowest BCUT2D eigenvalue weighted by atomic mass is 10.1. The molecule has 0 aliphatic heterocycles. The minimum Gasteiger partial charge on any atom is -0.326 e. The Morgan fingerprint density at radius 1 is 0.900 bits per heavy atom. The van der Waals surface area contributed by atoms with Crippen molar-refractivity contribution < 1.29 is 14.4 Å². The summed E-state index contributed by atoms with van der Waals surface area (Å²) >= 11 is 1.28. The van der Waals surface area contributed by atoms with E-state index in [1.54, 1.807) is 36.4 Å². The summed E-state index contributed by atoms with van der Waals surface area (Å²) in [6.45, 7) is 2.95. The van der Waals surface area contributed by atoms with Gasteiger partial charge in [0.2, 0.25) is 11.8 Å². The Balaban J connectivity index is 1.60. The minimum absolute atomic E-state index is 0.0220. The van der Waals surface area contributed by atoms with Crippen molar-refractivity contribution in [2.75, 3.05) is 16.4 Å². The van der Waals surface area contributed by atoms with E-state index in [-0.39, 0.29) is 23.4 Å². The highest BCUT2D eigenvalue weighted by molar-refractivity contribution is 7.99. The molecular weight excluding hydrogens is 402 g/mol. The molecule has 0 radical (unpaired) electrons. The van der Waals surface area contributed by atoms with Crippen LogP contribution in [0.15, 0.2) is 53.7 Å². The third-order valence-corrected chi connectivity index (χ3v) is 5.23. The number of rotatable bonds is 7. The number of thioether (sulfide) groups is 1. The van der Waals surface area contributed by atoms with E-state index >= 15 is 0 Å². The van der Waals surface area contributed by atoms with Crippen LogP contribution in [0.3, 0.4) is 0 Å². The van der Waals surface area contributed by atoms with Gasteiger partial charge in [0.25, 0.3) is 0 Å². The van der Waals surface area contributed by atoms with Gasteiger partial charge in [0.1, 0.15) is 0 Å². The molecule has 154 valence electrons. The Bertz CT molecular complexity index is 1080. The van der Waals surface area contributed by atoms with Crippen LogP contribution in [-0.4, -0.2) is 38.1 Å². The molecule has 30 heavy (non-hydrogen) atoms. The summed E-state index contributed by atoms with van der Waals surface area (Å²) in [6.07, 6.45) is 0. The summed E-state index contributed by atoms with van der Waals surface area (Å²) in [6, 6.07) is 14.0. The summed E-state index contributed by atoms with van der Waals surface area (Å²) in [7, 11) is 1.83. The number of carbonyl (C=O) groups excluding carboxylic acids is 3. The standard InChI is InChI=1S/C21H21N5O3S/c1-13(27)15-4-8-18(9-5-15)23-19(29)12-30-21-25-24-20(26(21)3)16-6-10-17(11-7-16)22-14(2)28/h4-11H,12H2,1-3H3,(H,22,28)(H,23,29). The zero-order valence-corrected chi connectivity index (χ0v) is 17.6. The maximum Gasteiger partial charge on any atom is 0.234 e. The van der Waals surface area contributed by atoms with Gasteiger partial charge in [-0.2, -0.15) is 0 Å². The molecule has 8 nitrogen and oxygen atoms in total. The lowest BCUT2D eigenvalue weighted by Crippen LogP contribution is -2.14. The molecule has 3 aromatic rings. The first kappa shape index (κ1) is 21.3. The van der Waals surface area contributed by atoms with E-state index in [1.165, 1.54) is 25.6 Å². The molecular formula is C21H21N5O3S. The molecule has 0 unspecified atom stereocenters. The van der Waals surface area contributed by atoms with Crippen molar-refractivity contribution in [1.82, 2.24) is 14.8 Å². The lowest BCUT2D eigenvalue weighted by Gasteiger charge is -2.07. The molecule has 0 saturated carbocycles. The average molecular weight is 423 g/mol. The fourth-order valence-corrected chi connectivity index (χ4v) is 3.42. The quantitative estimate of drug-likeness (QED) is 0.446. The summed E-state index contributed by atoms with van der Waals surface area (Å²) in [5.41, 5.74) is 2.78. The molecule has 1 heterocycles. The Morgan fingerprint density at radius 2 is 1.50 bits per heavy atom. The summed E-state index contributed by atoms with van der Waals surface area (Å²) in [5.74, 6) is 0.494. The van der Waals surface area contributed by atoms with E-state index in [0.29, 0.717) is 27.9 Å². The van der Waals surface area contributed by atoms with Gasteiger partial charge in [-0.15, -0.1) is 10.2 Å². The Kier molecular flexibility index (Phi) is 6.63. The highest BCUT2D eigenvalue weighted by Crippen LogP contribution is 2.24. The van der Waals surface area contributed by atoms with Gasteiger partial charge in [0, 0.05) is 36.5 Å². The molecule has 0 atom stereocenters. The molecule has 0 bridgehead atoms. The molecule has 0 fully saturated rings. The van der Waals surface area contributed by atoms with E-state index < -0.39 is 0 Å². The van der Waals surface area contributed by atoms with Crippen molar-refractivity contribution in [3.63, 3.8) is 0 Å². The number of carbonyl (C=O) groups is 3. The van der Waals surface area contributed by atoms with Crippen LogP contribution < -0.4 is 10.6 Å². The van der Waals surface area contributed by atoms with E-state index in [9.17, 15) is 14.4 Å². The molecule has 1 aromatic heterocycles. The molecule has 0 aliphatic rings. The van der Waals surface area contributed by atoms with Gasteiger partial charge in [0.15, 0.2) is 16.8 Å². The molecule has 0 spiro atoms. The van der Waals surface area contributed by atoms with Crippen LogP contribution >= 0.6 is 11.8 Å². The molecule has 0 aliphatic carbocycles. The Morgan fingerprint density at radius 3 is 2.10 bits per heavy atom. The van der Waals surface area contributed by atoms with Crippen molar-refractivity contribution in [2.45, 2.75) is 19.0 Å². The van der Waals surface area contributed by atoms with Crippen LogP contribution in [0.2, 0.25) is 0 Å². The number of ketones is 1. The van der Waals surface area contributed by atoms with Crippen molar-refractivity contribution in [2.24, 2.45) is 7.05 Å². The zero-order valence-electron chi connectivity index (χ0n) is 16.8. The third-order valence-electron chi connectivity index (χ3n) is 4.21. The first-order chi connectivity index (χ1) is 14.3. The highest BCUT2D eigenvalue weighted by Gasteiger charge is 2.13. The molecule has 2 N–H and O–H groups in total. The number of nitrogens with one attached hydrogen (secondary N) is 2. The first-order valence-electron chi connectivity index (χ1n) is 9.14. The van der Waals surface area contributed by atoms with Gasteiger partial charge in [0.05, 0.1) is 5.75 Å². The number of Topliss-reactive ketones (excluding diaryl/α,β-unsaturated/α-hetero) is 1. The van der Waals surface area contributed by atoms with E-state index in [2.05, 4.69) is 20.8 Å². The van der Waals surface area contributed by atoms with Crippen LogP contribution in [0, 0.1) is 0 Å². The van der Waals surface area contributed by atoms with Crippen molar-refractivity contribution in [3.05, 3.63) is 54.1 Å². The fraction of sp³-hybridized carbons (Fsp3) is 0.190. The van der Waals surface area contributed by atoms with Crippen LogP contribution in [0.1, 0.15) is 24.2 Å². The van der Waals surface area contributed by atoms with Gasteiger partial charge < -0.3 is 15.2 Å². The number of anilines is 2. The van der Waals surface area contributed by atoms with Gasteiger partial charge in [-0.25, -0.2) is 0 Å². The highest BCUT2D eigenvalue weighted by atomic mass is 32.2. The molecule has 9 heteroatoms. The van der Waals surface area contributed by atoms with Crippen LogP contribution in [0.5, 0.6) is 0 Å². The number of nitrogens with zero attached hydrogens (tertiary/aromatic N) is 3. The molecule has 2 aromatic carbocycles. The smallest absolute Gasteiger partial charge is 0.234 e. The average Bonchev–Trinajstić information content (AvgIpc) is 3.07. The number of aromatic nitrogens is 3. The molecule has 0 saturated heterocycles. The van der Waals surface area contributed by atoms with Crippen LogP contribution in [0.4, 0.5) is 11.4 Å². The van der Waals surface area contributed by atoms with Crippen molar-refractivity contribution >= 4 is 40.7 Å². The van der Waals surface area contributed by atoms with E-state index in [1.807, 2.05) is 23.7 Å². The van der Waals surface area contributed by atoms with Gasteiger partial charge in [-0.05, 0) is 55.5 Å². The second-order valence-corrected chi connectivity index (χ2v) is 7.54. The number of hydrogen-bond acceptors (Lipinski definition) is 6. The van der Waals surface area contributed by atoms with Crippen molar-refractivity contribution in [1.29, 1.82) is 0 Å². The monoisotopic (exact) mass is 423 g/mol. The Labute approximate surface area is 178 Å². The third kappa shape index (κ3) is 5.32. The second-order valence-electron chi connectivity index (χ2n) is 6.59. The number of amides is 2. The molecule has 2 amide bonds. The van der Waals surface area contributed by atoms with E-state index in [0.717, 1.165) is 5.56 Å². The largest absolute Gasteiger partial charge is 0.326 e. The fourth-order valence-electron chi connectivity index (χ4n) is 2.71. The Hall–Kier alpha value is -3.46. The van der Waals surface area contributed by atoms with E-state index in [4.69, 9.17) is 0 Å². The first-order valence-corrected chi connectivity index (χ1v) is 10.1. The predicted molar refractivity (Wildman–Crippen MR) is 117 cm³/mol. The number of hydrogen-bond donors (Lipinski definition) is 2. The SMILES string of the molecule is CC(=O)Nc1ccc(-c2nnc(SCC(=O)Nc3ccc(C(C)=O)cc3)n2C)cc1. The summed E-state index contributed by atoms with van der Waals surface area (Å²) in [4.78, 5) is 34.7. The molecule has 3 rings (SSSR count). The normalized spacial score (nSPS) is 10.5. The second kappa shape index (κ2) is 9.36. The topological polar surface area (TPSA) is 106 Å². The maximum atomic E-state index is 12.2. The number of benzene rings is 2. The predicted octanol–water partition coefficient (Wildman–Crippen LogP) is 3.37.